The largest absolute Gasteiger partial charge is 0.507 e. The predicted molar refractivity (Wildman–Crippen MR) is 183 cm³/mol. The smallest absolute Gasteiger partial charge is 0.240 e. The van der Waals surface area contributed by atoms with Gasteiger partial charge in [-0.1, -0.05) is 78.8 Å². The Morgan fingerprint density at radius 2 is 1.11 bits per heavy atom. The summed E-state index contributed by atoms with van der Waals surface area (Å²) in [7, 11) is 0. The molecule has 44 heavy (non-hydrogen) atoms. The van der Waals surface area contributed by atoms with Crippen molar-refractivity contribution in [1.29, 1.82) is 0 Å². The van der Waals surface area contributed by atoms with Crippen molar-refractivity contribution in [2.75, 3.05) is 23.4 Å². The van der Waals surface area contributed by atoms with E-state index in [1.54, 1.807) is 12.1 Å². The number of hydrogen-bond acceptors (Lipinski definition) is 10. The molecule has 0 aliphatic heterocycles. The first kappa shape index (κ1) is 33.6. The summed E-state index contributed by atoms with van der Waals surface area (Å²) in [6, 6.07) is 23.1. The number of fused-ring (bicyclic) bond motifs is 2. The number of alkyl halides is 1. The number of nitrogens with two attached hydrogens (primary N) is 2. The number of hydrogen-bond donors (Lipinski definition) is 3. The van der Waals surface area contributed by atoms with E-state index in [1.807, 2.05) is 69.3 Å². The second kappa shape index (κ2) is 15.5. The normalized spacial score (nSPS) is 10.2. The first-order valence-corrected chi connectivity index (χ1v) is 14.7. The van der Waals surface area contributed by atoms with Crippen LogP contribution in [-0.4, -0.2) is 47.4 Å². The fourth-order valence-electron chi connectivity index (χ4n) is 4.42. The maximum Gasteiger partial charge on any atom is 0.240 e. The molecule has 0 unspecified atom stereocenters. The number of benzene rings is 4. The molecule has 0 aliphatic carbocycles. The second-order valence-electron chi connectivity index (χ2n) is 9.37. The van der Waals surface area contributed by atoms with Gasteiger partial charge in [0.25, 0.3) is 0 Å². The molecule has 0 saturated carbocycles. The predicted octanol–water partition coefficient (Wildman–Crippen LogP) is 7.31. The van der Waals surface area contributed by atoms with Gasteiger partial charge in [0, 0.05) is 28.6 Å². The van der Waals surface area contributed by atoms with E-state index in [0.29, 0.717) is 34.2 Å². The Morgan fingerprint density at radius 3 is 1.61 bits per heavy atom. The van der Waals surface area contributed by atoms with E-state index in [-0.39, 0.29) is 25.1 Å². The van der Waals surface area contributed by atoms with Crippen molar-refractivity contribution in [2.45, 2.75) is 35.1 Å². The molecule has 0 radical (unpaired) electrons. The Bertz CT molecular complexity index is 1870. The van der Waals surface area contributed by atoms with Gasteiger partial charge in [0.2, 0.25) is 11.9 Å². The molecule has 0 spiro atoms. The zero-order valence-corrected chi connectivity index (χ0v) is 26.0. The maximum atomic E-state index is 10.1. The summed E-state index contributed by atoms with van der Waals surface area (Å²) in [5, 5.41) is 26.8. The van der Waals surface area contributed by atoms with Crippen LogP contribution in [0, 0.1) is 13.8 Å². The number of halogens is 1. The lowest BCUT2D eigenvalue weighted by atomic mass is 9.99. The van der Waals surface area contributed by atoms with Crippen LogP contribution in [0.5, 0.6) is 11.5 Å². The average Bonchev–Trinajstić information content (AvgIpc) is 2.98. The van der Waals surface area contributed by atoms with E-state index in [2.05, 4.69) is 65.3 Å². The van der Waals surface area contributed by atoms with Crippen LogP contribution >= 0.6 is 15.9 Å². The summed E-state index contributed by atoms with van der Waals surface area (Å²) < 4.78 is 5.77. The van der Waals surface area contributed by atoms with E-state index >= 15 is 0 Å². The molecule has 0 bridgehead atoms. The number of aromatic hydroxyl groups is 1. The molecule has 10 nitrogen and oxygen atoms in total. The number of anilines is 2. The minimum Gasteiger partial charge on any atom is -0.507 e. The van der Waals surface area contributed by atoms with Gasteiger partial charge in [0.15, 0.2) is 0 Å². The zero-order chi connectivity index (χ0) is 30.9. The molecule has 6 rings (SSSR count). The van der Waals surface area contributed by atoms with Crippen LogP contribution in [0.25, 0.3) is 44.3 Å². The molecule has 6 aromatic rings. The molecule has 0 amide bonds. The number of nitrogens with zero attached hydrogens (tertiary/aromatic N) is 6. The monoisotopic (exact) mass is 656 g/mol. The van der Waals surface area contributed by atoms with Crippen molar-refractivity contribution in [3.63, 3.8) is 0 Å². The summed E-state index contributed by atoms with van der Waals surface area (Å²) in [5.41, 5.74) is 19.6. The molecule has 4 aromatic carbocycles. The highest BCUT2D eigenvalue weighted by Crippen LogP contribution is 2.35. The van der Waals surface area contributed by atoms with Gasteiger partial charge in [-0.05, 0) is 55.2 Å². The third kappa shape index (κ3) is 7.93. The highest BCUT2D eigenvalue weighted by Gasteiger charge is 2.13. The Kier molecular flexibility index (Phi) is 11.9. The van der Waals surface area contributed by atoms with Gasteiger partial charge in [-0.3, -0.25) is 0 Å². The van der Waals surface area contributed by atoms with Gasteiger partial charge < -0.3 is 21.3 Å². The van der Waals surface area contributed by atoms with Gasteiger partial charge in [0.1, 0.15) is 22.5 Å². The highest BCUT2D eigenvalue weighted by molar-refractivity contribution is 9.09. The molecular formula is C33H37BrN8O2. The average molecular weight is 658 g/mol. The lowest BCUT2D eigenvalue weighted by molar-refractivity contribution is 0.342. The number of ether oxygens (including phenoxy) is 1. The number of phenols is 1. The van der Waals surface area contributed by atoms with Gasteiger partial charge in [-0.25, -0.2) is 9.97 Å². The van der Waals surface area contributed by atoms with E-state index in [9.17, 15) is 5.11 Å². The van der Waals surface area contributed by atoms with Gasteiger partial charge >= 0.3 is 0 Å². The Morgan fingerprint density at radius 1 is 0.659 bits per heavy atom. The molecule has 0 fully saturated rings. The summed E-state index contributed by atoms with van der Waals surface area (Å²) in [4.78, 5) is 8.24. The highest BCUT2D eigenvalue weighted by atomic mass is 79.9. The second-order valence-corrected chi connectivity index (χ2v) is 10.5. The summed E-state index contributed by atoms with van der Waals surface area (Å²) in [6.07, 6.45) is 0. The standard InChI is InChI=1S/C16H16N4O.C14H12N4O.C2H5Br.CH4/c1-3-21-15-9-13-14(19-20-16(17)18-13)8-12(15)11-7-5-4-6-10(11)2;1-8-4-2-3-5-9(8)10-6-12-11(7-13(10)19)16-14(15)18-17-12;1-2-3;/h4-9H,3H2,1-2H3,(H2,17,18,20);2-7,19H,1H3,(H2,15,16,18);2H2,1H3;1H4. The molecule has 5 N–H and O–H groups in total. The first-order valence-electron chi connectivity index (χ1n) is 13.6. The van der Waals surface area contributed by atoms with Crippen LogP contribution in [0.3, 0.4) is 0 Å². The summed E-state index contributed by atoms with van der Waals surface area (Å²) in [5.74, 6) is 1.19. The number of nitrogen functional groups attached to an aromatic ring is 2. The lowest BCUT2D eigenvalue weighted by Crippen LogP contribution is -2.00. The topological polar surface area (TPSA) is 159 Å². The quantitative estimate of drug-likeness (QED) is 0.164. The number of aromatic nitrogens is 6. The minimum atomic E-state index is 0. The van der Waals surface area contributed by atoms with Crippen LogP contribution in [0.15, 0.2) is 72.8 Å². The van der Waals surface area contributed by atoms with Gasteiger partial charge in [0.05, 0.1) is 17.6 Å². The molecule has 2 aromatic heterocycles. The Hall–Kier alpha value is -4.90. The summed E-state index contributed by atoms with van der Waals surface area (Å²) >= 11 is 3.15. The fraction of sp³-hybridized carbons (Fsp3) is 0.212. The van der Waals surface area contributed by atoms with Gasteiger partial charge in [-0.15, -0.1) is 20.4 Å². The van der Waals surface area contributed by atoms with Crippen LogP contribution in [0.4, 0.5) is 11.9 Å². The molecular weight excluding hydrogens is 620 g/mol. The van der Waals surface area contributed by atoms with Crippen molar-refractivity contribution in [3.8, 4) is 33.8 Å². The lowest BCUT2D eigenvalue weighted by Gasteiger charge is -2.13. The van der Waals surface area contributed by atoms with Crippen molar-refractivity contribution in [2.24, 2.45) is 0 Å². The van der Waals surface area contributed by atoms with E-state index in [4.69, 9.17) is 16.2 Å². The van der Waals surface area contributed by atoms with Crippen molar-refractivity contribution in [3.05, 3.63) is 83.9 Å². The van der Waals surface area contributed by atoms with Crippen molar-refractivity contribution < 1.29 is 9.84 Å². The molecule has 0 saturated heterocycles. The molecule has 0 atom stereocenters. The number of phenolic OH excluding ortho intramolecular Hbond substituents is 1. The molecule has 2 heterocycles. The minimum absolute atomic E-state index is 0. The third-order valence-electron chi connectivity index (χ3n) is 6.33. The Balaban J connectivity index is 0.000000217. The van der Waals surface area contributed by atoms with Crippen molar-refractivity contribution >= 4 is 49.9 Å². The van der Waals surface area contributed by atoms with Crippen LogP contribution in [-0.2, 0) is 0 Å². The first-order chi connectivity index (χ1) is 20.7. The van der Waals surface area contributed by atoms with Crippen molar-refractivity contribution in [1.82, 2.24) is 30.4 Å². The van der Waals surface area contributed by atoms with Crippen LogP contribution in [0.1, 0.15) is 32.4 Å². The van der Waals surface area contributed by atoms with Gasteiger partial charge in [-0.2, -0.15) is 0 Å². The zero-order valence-electron chi connectivity index (χ0n) is 24.4. The number of rotatable bonds is 4. The molecule has 11 heteroatoms. The molecule has 0 aliphatic rings. The SMILES string of the molecule is C.CCBr.CCOc1cc2nc(N)nnc2cc1-c1ccccc1C.Cc1ccccc1-c1cc2nnc(N)nc2cc1O. The number of aryl methyl sites for hydroxylation is 2. The van der Waals surface area contributed by atoms with Crippen LogP contribution in [0.2, 0.25) is 0 Å². The maximum absolute atomic E-state index is 10.1. The summed E-state index contributed by atoms with van der Waals surface area (Å²) in [6.45, 7) is 8.64. The van der Waals surface area contributed by atoms with E-state index < -0.39 is 0 Å². The van der Waals surface area contributed by atoms with E-state index in [1.165, 1.54) is 5.56 Å². The molecule has 228 valence electrons. The Labute approximate surface area is 265 Å². The van der Waals surface area contributed by atoms with E-state index in [0.717, 1.165) is 33.3 Å². The fourth-order valence-corrected chi connectivity index (χ4v) is 4.42. The third-order valence-corrected chi connectivity index (χ3v) is 6.33. The van der Waals surface area contributed by atoms with Crippen LogP contribution < -0.4 is 16.2 Å².